The summed E-state index contributed by atoms with van der Waals surface area (Å²) >= 11 is 0. The molecule has 1 saturated heterocycles. The van der Waals surface area contributed by atoms with Crippen LogP contribution in [-0.4, -0.2) is 29.3 Å². The molecule has 2 atom stereocenters. The van der Waals surface area contributed by atoms with Gasteiger partial charge in [-0.15, -0.1) is 0 Å². The second kappa shape index (κ2) is 4.41. The fourth-order valence-corrected chi connectivity index (χ4v) is 1.76. The highest BCUT2D eigenvalue weighted by atomic mass is 16.2. The zero-order chi connectivity index (χ0) is 10.7. The normalized spacial score (nSPS) is 27.2. The number of amides is 2. The van der Waals surface area contributed by atoms with Crippen molar-refractivity contribution in [2.75, 3.05) is 6.54 Å². The van der Waals surface area contributed by atoms with Gasteiger partial charge in [0.2, 0.25) is 0 Å². The molecule has 1 fully saturated rings. The maximum absolute atomic E-state index is 11.5. The van der Waals surface area contributed by atoms with Gasteiger partial charge in [-0.2, -0.15) is 0 Å². The predicted molar refractivity (Wildman–Crippen MR) is 51.9 cm³/mol. The van der Waals surface area contributed by atoms with Crippen molar-refractivity contribution in [1.29, 1.82) is 0 Å². The van der Waals surface area contributed by atoms with E-state index in [9.17, 15) is 9.59 Å². The molecule has 2 unspecified atom stereocenters. The molecule has 1 heterocycles. The van der Waals surface area contributed by atoms with Gasteiger partial charge in [0.15, 0.2) is 0 Å². The maximum Gasteiger partial charge on any atom is 0.323 e. The number of hydrogen-bond donors (Lipinski definition) is 2. The van der Waals surface area contributed by atoms with E-state index in [-0.39, 0.29) is 6.04 Å². The Morgan fingerprint density at radius 1 is 1.36 bits per heavy atom. The number of nitrogens with two attached hydrogens (primary N) is 1. The Morgan fingerprint density at radius 2 is 2.00 bits per heavy atom. The highest BCUT2D eigenvalue weighted by Gasteiger charge is 2.30. The summed E-state index contributed by atoms with van der Waals surface area (Å²) in [5.74, 6) is 4.12. The van der Waals surface area contributed by atoms with Crippen LogP contribution in [0.4, 0.5) is 0 Å². The van der Waals surface area contributed by atoms with Gasteiger partial charge in [-0.1, -0.05) is 6.92 Å². The van der Waals surface area contributed by atoms with Crippen molar-refractivity contribution in [3.8, 4) is 0 Å². The lowest BCUT2D eigenvalue weighted by Crippen LogP contribution is -2.52. The largest absolute Gasteiger partial charge is 0.331 e. The van der Waals surface area contributed by atoms with Gasteiger partial charge in [0.05, 0.1) is 0 Å². The van der Waals surface area contributed by atoms with Crippen molar-refractivity contribution in [3.05, 3.63) is 0 Å². The highest BCUT2D eigenvalue weighted by molar-refractivity contribution is 6.34. The summed E-state index contributed by atoms with van der Waals surface area (Å²) in [5, 5.41) is 0. The van der Waals surface area contributed by atoms with E-state index in [1.54, 1.807) is 4.90 Å². The van der Waals surface area contributed by atoms with Crippen LogP contribution in [0.25, 0.3) is 0 Å². The molecule has 1 rings (SSSR count). The fourth-order valence-electron chi connectivity index (χ4n) is 1.76. The van der Waals surface area contributed by atoms with Crippen molar-refractivity contribution < 1.29 is 9.59 Å². The SMILES string of the molecule is CC1CCC(C)N(C(=O)C(=O)NN)C1. The standard InChI is InChI=1S/C9H17N3O2/c1-6-3-4-7(2)12(5-6)9(14)8(13)11-10/h6-7H,3-5,10H2,1-2H3,(H,11,13). The first-order chi connectivity index (χ1) is 6.56. The number of carbonyl (C=O) groups excluding carboxylic acids is 2. The monoisotopic (exact) mass is 199 g/mol. The smallest absolute Gasteiger partial charge is 0.323 e. The lowest BCUT2D eigenvalue weighted by Gasteiger charge is -2.36. The Hall–Kier alpha value is -1.10. The second-order valence-electron chi connectivity index (χ2n) is 3.96. The molecule has 0 saturated carbocycles. The van der Waals surface area contributed by atoms with Crippen LogP contribution in [0.15, 0.2) is 0 Å². The molecular weight excluding hydrogens is 182 g/mol. The van der Waals surface area contributed by atoms with Crippen LogP contribution in [0.3, 0.4) is 0 Å². The summed E-state index contributed by atoms with van der Waals surface area (Å²) < 4.78 is 0. The molecule has 0 spiro atoms. The predicted octanol–water partition coefficient (Wildman–Crippen LogP) is -0.377. The molecular formula is C9H17N3O2. The van der Waals surface area contributed by atoms with E-state index in [0.29, 0.717) is 12.5 Å². The first kappa shape index (κ1) is 11.0. The summed E-state index contributed by atoms with van der Waals surface area (Å²) in [6.07, 6.45) is 2.06. The fraction of sp³-hybridized carbons (Fsp3) is 0.778. The Kier molecular flexibility index (Phi) is 3.46. The van der Waals surface area contributed by atoms with E-state index in [2.05, 4.69) is 6.92 Å². The first-order valence-electron chi connectivity index (χ1n) is 4.87. The van der Waals surface area contributed by atoms with Crippen molar-refractivity contribution in [1.82, 2.24) is 10.3 Å². The van der Waals surface area contributed by atoms with Crippen LogP contribution in [0.1, 0.15) is 26.7 Å². The van der Waals surface area contributed by atoms with Gasteiger partial charge >= 0.3 is 11.8 Å². The van der Waals surface area contributed by atoms with Gasteiger partial charge in [-0.3, -0.25) is 15.0 Å². The number of nitrogens with one attached hydrogen (secondary N) is 1. The molecule has 3 N–H and O–H groups in total. The zero-order valence-electron chi connectivity index (χ0n) is 8.62. The van der Waals surface area contributed by atoms with E-state index < -0.39 is 11.8 Å². The number of hydrogen-bond acceptors (Lipinski definition) is 3. The van der Waals surface area contributed by atoms with Crippen molar-refractivity contribution in [2.24, 2.45) is 11.8 Å². The van der Waals surface area contributed by atoms with Crippen LogP contribution < -0.4 is 11.3 Å². The van der Waals surface area contributed by atoms with Gasteiger partial charge in [-0.25, -0.2) is 5.84 Å². The van der Waals surface area contributed by atoms with Crippen molar-refractivity contribution in [2.45, 2.75) is 32.7 Å². The molecule has 1 aliphatic rings. The Morgan fingerprint density at radius 3 is 2.57 bits per heavy atom. The van der Waals surface area contributed by atoms with Gasteiger partial charge in [0.1, 0.15) is 0 Å². The number of piperidine rings is 1. The summed E-state index contributed by atoms with van der Waals surface area (Å²) in [6.45, 7) is 4.67. The molecule has 1 aliphatic heterocycles. The Balaban J connectivity index is 2.65. The summed E-state index contributed by atoms with van der Waals surface area (Å²) in [5.41, 5.74) is 1.87. The summed E-state index contributed by atoms with van der Waals surface area (Å²) in [7, 11) is 0. The topological polar surface area (TPSA) is 75.4 Å². The van der Waals surface area contributed by atoms with Crippen LogP contribution in [-0.2, 0) is 9.59 Å². The summed E-state index contributed by atoms with van der Waals surface area (Å²) in [4.78, 5) is 24.1. The van der Waals surface area contributed by atoms with E-state index in [1.807, 2.05) is 12.3 Å². The molecule has 5 nitrogen and oxygen atoms in total. The molecule has 0 aromatic heterocycles. The van der Waals surface area contributed by atoms with Gasteiger partial charge in [0.25, 0.3) is 0 Å². The number of carbonyl (C=O) groups is 2. The van der Waals surface area contributed by atoms with Crippen LogP contribution in [0, 0.1) is 5.92 Å². The molecule has 14 heavy (non-hydrogen) atoms. The third-order valence-electron chi connectivity index (χ3n) is 2.70. The molecule has 0 aromatic carbocycles. The van der Waals surface area contributed by atoms with Crippen LogP contribution in [0.5, 0.6) is 0 Å². The highest BCUT2D eigenvalue weighted by Crippen LogP contribution is 2.21. The molecule has 2 amide bonds. The second-order valence-corrected chi connectivity index (χ2v) is 3.96. The lowest BCUT2D eigenvalue weighted by atomic mass is 9.95. The quantitative estimate of drug-likeness (QED) is 0.242. The molecule has 5 heteroatoms. The molecule has 80 valence electrons. The molecule has 0 aliphatic carbocycles. The average molecular weight is 199 g/mol. The number of nitrogens with zero attached hydrogens (tertiary/aromatic N) is 1. The van der Waals surface area contributed by atoms with E-state index in [0.717, 1.165) is 12.8 Å². The first-order valence-corrected chi connectivity index (χ1v) is 4.87. The van der Waals surface area contributed by atoms with Crippen LogP contribution in [0.2, 0.25) is 0 Å². The minimum Gasteiger partial charge on any atom is -0.331 e. The van der Waals surface area contributed by atoms with E-state index in [1.165, 1.54) is 0 Å². The van der Waals surface area contributed by atoms with E-state index in [4.69, 9.17) is 5.84 Å². The number of likely N-dealkylation sites (tertiary alicyclic amines) is 1. The Bertz CT molecular complexity index is 242. The molecule has 0 bridgehead atoms. The third kappa shape index (κ3) is 2.23. The Labute approximate surface area is 83.6 Å². The number of rotatable bonds is 0. The lowest BCUT2D eigenvalue weighted by molar-refractivity contribution is -0.148. The van der Waals surface area contributed by atoms with Gasteiger partial charge in [-0.05, 0) is 25.7 Å². The van der Waals surface area contributed by atoms with Gasteiger partial charge < -0.3 is 4.90 Å². The van der Waals surface area contributed by atoms with E-state index >= 15 is 0 Å². The van der Waals surface area contributed by atoms with Crippen LogP contribution >= 0.6 is 0 Å². The summed E-state index contributed by atoms with van der Waals surface area (Å²) in [6, 6.07) is 0.135. The molecule has 0 aromatic rings. The average Bonchev–Trinajstić information content (AvgIpc) is 2.19. The third-order valence-corrected chi connectivity index (χ3v) is 2.70. The van der Waals surface area contributed by atoms with Gasteiger partial charge in [0, 0.05) is 12.6 Å². The van der Waals surface area contributed by atoms with Crippen molar-refractivity contribution in [3.63, 3.8) is 0 Å². The minimum absolute atomic E-state index is 0.135. The number of hydrazine groups is 1. The minimum atomic E-state index is -0.731. The van der Waals surface area contributed by atoms with Crippen molar-refractivity contribution >= 4 is 11.8 Å². The molecule has 0 radical (unpaired) electrons. The zero-order valence-corrected chi connectivity index (χ0v) is 8.62. The maximum atomic E-state index is 11.5.